The van der Waals surface area contributed by atoms with Crippen LogP contribution in [0, 0.1) is 0 Å². The zero-order valence-corrected chi connectivity index (χ0v) is 13.2. The Balaban J connectivity index is 1.88. The van der Waals surface area contributed by atoms with Crippen molar-refractivity contribution in [3.63, 3.8) is 0 Å². The van der Waals surface area contributed by atoms with E-state index < -0.39 is 18.5 Å². The second-order valence-electron chi connectivity index (χ2n) is 4.11. The SMILES string of the molecule is O=C(COC(=O)c1ccc(Cl)c(Cl)c1)Nc1ccc(Cl)cn1. The summed E-state index contributed by atoms with van der Waals surface area (Å²) in [6, 6.07) is 7.39. The molecule has 1 amide bonds. The maximum absolute atomic E-state index is 11.8. The molecule has 0 aliphatic rings. The van der Waals surface area contributed by atoms with E-state index in [9.17, 15) is 9.59 Å². The third-order valence-electron chi connectivity index (χ3n) is 2.48. The molecule has 1 aromatic carbocycles. The van der Waals surface area contributed by atoms with Gasteiger partial charge in [-0.3, -0.25) is 4.79 Å². The second-order valence-corrected chi connectivity index (χ2v) is 5.37. The number of nitrogens with zero attached hydrogens (tertiary/aromatic N) is 1. The van der Waals surface area contributed by atoms with Crippen LogP contribution in [0.4, 0.5) is 5.82 Å². The van der Waals surface area contributed by atoms with Crippen molar-refractivity contribution in [2.24, 2.45) is 0 Å². The standard InChI is InChI=1S/C14H9Cl3N2O3/c15-9-2-4-12(18-6-9)19-13(20)7-22-14(21)8-1-3-10(16)11(17)5-8/h1-6H,7H2,(H,18,19,20). The van der Waals surface area contributed by atoms with Crippen LogP contribution in [0.3, 0.4) is 0 Å². The van der Waals surface area contributed by atoms with Gasteiger partial charge in [0.1, 0.15) is 5.82 Å². The largest absolute Gasteiger partial charge is 0.452 e. The number of rotatable bonds is 4. The van der Waals surface area contributed by atoms with Gasteiger partial charge in [0.2, 0.25) is 0 Å². The first-order chi connectivity index (χ1) is 10.5. The molecular formula is C14H9Cl3N2O3. The van der Waals surface area contributed by atoms with E-state index >= 15 is 0 Å². The molecule has 2 aromatic rings. The van der Waals surface area contributed by atoms with Crippen molar-refractivity contribution >= 4 is 52.5 Å². The first-order valence-corrected chi connectivity index (χ1v) is 7.12. The quantitative estimate of drug-likeness (QED) is 0.842. The van der Waals surface area contributed by atoms with Gasteiger partial charge in [0.25, 0.3) is 5.91 Å². The summed E-state index contributed by atoms with van der Waals surface area (Å²) in [5.74, 6) is -0.902. The van der Waals surface area contributed by atoms with E-state index in [2.05, 4.69) is 10.3 Å². The van der Waals surface area contributed by atoms with Crippen molar-refractivity contribution in [3.8, 4) is 0 Å². The van der Waals surface area contributed by atoms with Gasteiger partial charge >= 0.3 is 5.97 Å². The topological polar surface area (TPSA) is 68.3 Å². The maximum Gasteiger partial charge on any atom is 0.338 e. The van der Waals surface area contributed by atoms with Crippen LogP contribution in [0.25, 0.3) is 0 Å². The Morgan fingerprint density at radius 2 is 1.86 bits per heavy atom. The van der Waals surface area contributed by atoms with Crippen LogP contribution in [0.15, 0.2) is 36.5 Å². The number of carbonyl (C=O) groups excluding carboxylic acids is 2. The van der Waals surface area contributed by atoms with Gasteiger partial charge in [0.15, 0.2) is 6.61 Å². The Morgan fingerprint density at radius 1 is 1.09 bits per heavy atom. The number of ether oxygens (including phenoxy) is 1. The second kappa shape index (κ2) is 7.45. The van der Waals surface area contributed by atoms with Crippen LogP contribution in [-0.2, 0) is 9.53 Å². The minimum atomic E-state index is -0.683. The van der Waals surface area contributed by atoms with Gasteiger partial charge in [-0.1, -0.05) is 34.8 Å². The first-order valence-electron chi connectivity index (χ1n) is 5.99. The lowest BCUT2D eigenvalue weighted by Crippen LogP contribution is -2.21. The van der Waals surface area contributed by atoms with Crippen molar-refractivity contribution < 1.29 is 14.3 Å². The van der Waals surface area contributed by atoms with E-state index in [-0.39, 0.29) is 10.6 Å². The molecule has 0 unspecified atom stereocenters. The molecule has 0 bridgehead atoms. The van der Waals surface area contributed by atoms with Crippen LogP contribution >= 0.6 is 34.8 Å². The molecule has 0 aliphatic carbocycles. The minimum Gasteiger partial charge on any atom is -0.452 e. The number of anilines is 1. The molecule has 0 radical (unpaired) electrons. The average molecular weight is 360 g/mol. The lowest BCUT2D eigenvalue weighted by molar-refractivity contribution is -0.119. The molecule has 1 N–H and O–H groups in total. The number of pyridine rings is 1. The number of nitrogens with one attached hydrogen (secondary N) is 1. The van der Waals surface area contributed by atoms with E-state index in [4.69, 9.17) is 39.5 Å². The lowest BCUT2D eigenvalue weighted by Gasteiger charge is -2.06. The average Bonchev–Trinajstić information content (AvgIpc) is 2.50. The fraction of sp³-hybridized carbons (Fsp3) is 0.0714. The highest BCUT2D eigenvalue weighted by Crippen LogP contribution is 2.22. The maximum atomic E-state index is 11.8. The fourth-order valence-electron chi connectivity index (χ4n) is 1.47. The van der Waals surface area contributed by atoms with E-state index in [0.29, 0.717) is 15.9 Å². The van der Waals surface area contributed by atoms with E-state index in [0.717, 1.165) is 0 Å². The van der Waals surface area contributed by atoms with Gasteiger partial charge in [-0.05, 0) is 30.3 Å². The molecule has 114 valence electrons. The Bertz CT molecular complexity index is 705. The van der Waals surface area contributed by atoms with Gasteiger partial charge in [-0.2, -0.15) is 0 Å². The number of benzene rings is 1. The summed E-state index contributed by atoms with van der Waals surface area (Å²) >= 11 is 17.2. The number of carbonyl (C=O) groups is 2. The molecule has 8 heteroatoms. The number of hydrogen-bond acceptors (Lipinski definition) is 4. The summed E-state index contributed by atoms with van der Waals surface area (Å²) in [6.45, 7) is -0.455. The summed E-state index contributed by atoms with van der Waals surface area (Å²) < 4.78 is 4.87. The fourth-order valence-corrected chi connectivity index (χ4v) is 1.88. The third-order valence-corrected chi connectivity index (χ3v) is 3.45. The molecule has 1 heterocycles. The summed E-state index contributed by atoms with van der Waals surface area (Å²) in [6.07, 6.45) is 1.39. The molecule has 0 spiro atoms. The minimum absolute atomic E-state index is 0.201. The van der Waals surface area contributed by atoms with Crippen molar-refractivity contribution in [2.75, 3.05) is 11.9 Å². The molecule has 2 rings (SSSR count). The zero-order chi connectivity index (χ0) is 16.1. The Kier molecular flexibility index (Phi) is 5.60. The molecule has 0 atom stereocenters. The predicted molar refractivity (Wildman–Crippen MR) is 84.6 cm³/mol. The monoisotopic (exact) mass is 358 g/mol. The first kappa shape index (κ1) is 16.5. The summed E-state index contributed by atoms with van der Waals surface area (Å²) in [4.78, 5) is 27.3. The molecular weight excluding hydrogens is 351 g/mol. The number of amides is 1. The van der Waals surface area contributed by atoms with Crippen LogP contribution < -0.4 is 5.32 Å². The molecule has 1 aromatic heterocycles. The summed E-state index contributed by atoms with van der Waals surface area (Å²) in [5, 5.41) is 3.46. The van der Waals surface area contributed by atoms with E-state index in [1.165, 1.54) is 30.5 Å². The summed E-state index contributed by atoms with van der Waals surface area (Å²) in [5.41, 5.74) is 0.201. The highest BCUT2D eigenvalue weighted by molar-refractivity contribution is 6.42. The van der Waals surface area contributed by atoms with Gasteiger partial charge in [0.05, 0.1) is 20.6 Å². The van der Waals surface area contributed by atoms with Gasteiger partial charge < -0.3 is 10.1 Å². The van der Waals surface area contributed by atoms with Crippen LogP contribution in [0.1, 0.15) is 10.4 Å². The van der Waals surface area contributed by atoms with Gasteiger partial charge in [0, 0.05) is 6.20 Å². The number of esters is 1. The lowest BCUT2D eigenvalue weighted by atomic mass is 10.2. The predicted octanol–water partition coefficient (Wildman–Crippen LogP) is 3.84. The highest BCUT2D eigenvalue weighted by Gasteiger charge is 2.12. The normalized spacial score (nSPS) is 10.1. The van der Waals surface area contributed by atoms with Gasteiger partial charge in [-0.25, -0.2) is 9.78 Å². The zero-order valence-electron chi connectivity index (χ0n) is 11.0. The Labute approximate surface area is 141 Å². The third kappa shape index (κ3) is 4.59. The van der Waals surface area contributed by atoms with Crippen molar-refractivity contribution in [1.29, 1.82) is 0 Å². The number of halogens is 3. The molecule has 5 nitrogen and oxygen atoms in total. The molecule has 0 saturated heterocycles. The smallest absolute Gasteiger partial charge is 0.338 e. The van der Waals surface area contributed by atoms with E-state index in [1.807, 2.05) is 0 Å². The molecule has 22 heavy (non-hydrogen) atoms. The highest BCUT2D eigenvalue weighted by atomic mass is 35.5. The van der Waals surface area contributed by atoms with Crippen LogP contribution in [-0.4, -0.2) is 23.5 Å². The Hall–Kier alpha value is -1.82. The van der Waals surface area contributed by atoms with Crippen LogP contribution in [0.5, 0.6) is 0 Å². The Morgan fingerprint density at radius 3 is 2.50 bits per heavy atom. The number of aromatic nitrogens is 1. The summed E-state index contributed by atoms with van der Waals surface area (Å²) in [7, 11) is 0. The van der Waals surface area contributed by atoms with Crippen molar-refractivity contribution in [3.05, 3.63) is 57.2 Å². The van der Waals surface area contributed by atoms with Crippen LogP contribution in [0.2, 0.25) is 15.1 Å². The molecule has 0 aliphatic heterocycles. The van der Waals surface area contributed by atoms with E-state index in [1.54, 1.807) is 6.07 Å². The molecule has 0 fully saturated rings. The number of hydrogen-bond donors (Lipinski definition) is 1. The molecule has 0 saturated carbocycles. The van der Waals surface area contributed by atoms with Crippen molar-refractivity contribution in [1.82, 2.24) is 4.98 Å². The van der Waals surface area contributed by atoms with Crippen molar-refractivity contribution in [2.45, 2.75) is 0 Å². The van der Waals surface area contributed by atoms with Gasteiger partial charge in [-0.15, -0.1) is 0 Å².